The van der Waals surface area contributed by atoms with Gasteiger partial charge < -0.3 is 0 Å². The van der Waals surface area contributed by atoms with Crippen molar-refractivity contribution >= 4 is 0 Å². The van der Waals surface area contributed by atoms with Gasteiger partial charge in [-0.3, -0.25) is 0 Å². The lowest BCUT2D eigenvalue weighted by atomic mass is 10.3. The molecular weight excluding hydrogens is 124 g/mol. The van der Waals surface area contributed by atoms with Crippen molar-refractivity contribution in [1.82, 2.24) is 10.2 Å². The van der Waals surface area contributed by atoms with Gasteiger partial charge in [0.1, 0.15) is 0 Å². The first-order valence-corrected chi connectivity index (χ1v) is 3.55. The minimum atomic E-state index is 0.977. The fourth-order valence-electron chi connectivity index (χ4n) is 0.607. The van der Waals surface area contributed by atoms with Crippen molar-refractivity contribution in [2.24, 2.45) is 0 Å². The van der Waals surface area contributed by atoms with Crippen LogP contribution in [0.1, 0.15) is 25.1 Å². The highest BCUT2D eigenvalue weighted by molar-refractivity contribution is 5.08. The molecule has 1 aromatic heterocycles. The molecule has 0 saturated carbocycles. The lowest BCUT2D eigenvalue weighted by molar-refractivity contribution is 0.966. The first kappa shape index (κ1) is 9.08. The second kappa shape index (κ2) is 4.91. The summed E-state index contributed by atoms with van der Waals surface area (Å²) in [7, 11) is 0. The van der Waals surface area contributed by atoms with E-state index in [9.17, 15) is 0 Å². The van der Waals surface area contributed by atoms with Crippen molar-refractivity contribution in [1.29, 1.82) is 0 Å². The molecule has 0 fully saturated rings. The molecule has 0 bridgehead atoms. The molecule has 0 radical (unpaired) electrons. The van der Waals surface area contributed by atoms with Crippen LogP contribution in [0.3, 0.4) is 0 Å². The molecule has 0 aromatic carbocycles. The standard InChI is InChI=1S/C6H8N2.C2H6/c1-5-3-6(2)8-7-4-5;1-2/h3-4H,1-2H3;1-2H3. The molecule has 56 valence electrons. The van der Waals surface area contributed by atoms with Crippen LogP contribution in [0.4, 0.5) is 0 Å². The third-order valence-electron chi connectivity index (χ3n) is 0.913. The molecule has 0 aliphatic carbocycles. The Morgan fingerprint density at radius 2 is 1.80 bits per heavy atom. The summed E-state index contributed by atoms with van der Waals surface area (Å²) in [6.07, 6.45) is 1.74. The largest absolute Gasteiger partial charge is 0.159 e. The van der Waals surface area contributed by atoms with Gasteiger partial charge in [-0.05, 0) is 25.5 Å². The monoisotopic (exact) mass is 138 g/mol. The van der Waals surface area contributed by atoms with Gasteiger partial charge in [-0.25, -0.2) is 0 Å². The predicted octanol–water partition coefficient (Wildman–Crippen LogP) is 2.12. The van der Waals surface area contributed by atoms with E-state index in [1.54, 1.807) is 6.20 Å². The summed E-state index contributed by atoms with van der Waals surface area (Å²) in [5, 5.41) is 7.52. The van der Waals surface area contributed by atoms with Gasteiger partial charge in [0.25, 0.3) is 0 Å². The van der Waals surface area contributed by atoms with Gasteiger partial charge in [0.05, 0.1) is 11.9 Å². The normalized spacial score (nSPS) is 8.00. The summed E-state index contributed by atoms with van der Waals surface area (Å²) in [4.78, 5) is 0. The molecule has 0 amide bonds. The molecule has 1 heterocycles. The van der Waals surface area contributed by atoms with E-state index in [1.165, 1.54) is 0 Å². The molecule has 0 N–H and O–H groups in total. The van der Waals surface area contributed by atoms with Gasteiger partial charge in [0.2, 0.25) is 0 Å². The van der Waals surface area contributed by atoms with Crippen LogP contribution in [0.2, 0.25) is 0 Å². The number of hydrogen-bond donors (Lipinski definition) is 0. The Labute approximate surface area is 62.3 Å². The Bertz CT molecular complexity index is 167. The summed E-state index contributed by atoms with van der Waals surface area (Å²) in [6.45, 7) is 7.93. The van der Waals surface area contributed by atoms with Crippen LogP contribution < -0.4 is 0 Å². The minimum Gasteiger partial charge on any atom is -0.159 e. The lowest BCUT2D eigenvalue weighted by Gasteiger charge is -1.88. The van der Waals surface area contributed by atoms with E-state index in [1.807, 2.05) is 33.8 Å². The Hall–Kier alpha value is -0.920. The van der Waals surface area contributed by atoms with Gasteiger partial charge >= 0.3 is 0 Å². The number of hydrogen-bond acceptors (Lipinski definition) is 2. The molecule has 0 spiro atoms. The molecule has 1 rings (SSSR count). The first-order valence-electron chi connectivity index (χ1n) is 3.55. The summed E-state index contributed by atoms with van der Waals surface area (Å²) in [5.41, 5.74) is 2.14. The molecule has 0 saturated heterocycles. The Morgan fingerprint density at radius 1 is 1.20 bits per heavy atom. The zero-order valence-electron chi connectivity index (χ0n) is 7.05. The second-order valence-electron chi connectivity index (χ2n) is 1.87. The van der Waals surface area contributed by atoms with Gasteiger partial charge in [0.15, 0.2) is 0 Å². The van der Waals surface area contributed by atoms with Crippen LogP contribution >= 0.6 is 0 Å². The molecule has 0 unspecified atom stereocenters. The fourth-order valence-corrected chi connectivity index (χ4v) is 0.607. The first-order chi connectivity index (χ1) is 4.79. The SMILES string of the molecule is CC.Cc1cnnc(C)c1. The fraction of sp³-hybridized carbons (Fsp3) is 0.500. The van der Waals surface area contributed by atoms with Crippen LogP contribution in [0, 0.1) is 13.8 Å². The van der Waals surface area contributed by atoms with Crippen LogP contribution in [0.25, 0.3) is 0 Å². The quantitative estimate of drug-likeness (QED) is 0.548. The van der Waals surface area contributed by atoms with E-state index in [-0.39, 0.29) is 0 Å². The van der Waals surface area contributed by atoms with Crippen molar-refractivity contribution in [2.45, 2.75) is 27.7 Å². The third-order valence-corrected chi connectivity index (χ3v) is 0.913. The Morgan fingerprint density at radius 3 is 2.10 bits per heavy atom. The van der Waals surface area contributed by atoms with Crippen molar-refractivity contribution in [3.05, 3.63) is 23.5 Å². The van der Waals surface area contributed by atoms with Crippen molar-refractivity contribution in [3.63, 3.8) is 0 Å². The van der Waals surface area contributed by atoms with Crippen LogP contribution in [0.5, 0.6) is 0 Å². The van der Waals surface area contributed by atoms with Gasteiger partial charge in [-0.1, -0.05) is 13.8 Å². The molecule has 0 aliphatic rings. The number of nitrogens with zero attached hydrogens (tertiary/aromatic N) is 2. The maximum absolute atomic E-state index is 3.79. The molecule has 2 nitrogen and oxygen atoms in total. The highest BCUT2D eigenvalue weighted by atomic mass is 15.1. The average molecular weight is 138 g/mol. The Kier molecular flexibility index (Phi) is 4.46. The predicted molar refractivity (Wildman–Crippen MR) is 42.9 cm³/mol. The van der Waals surface area contributed by atoms with Crippen LogP contribution in [-0.2, 0) is 0 Å². The number of rotatable bonds is 0. The van der Waals surface area contributed by atoms with Crippen LogP contribution in [0.15, 0.2) is 12.3 Å². The maximum Gasteiger partial charge on any atom is 0.0602 e. The van der Waals surface area contributed by atoms with E-state index < -0.39 is 0 Å². The Balaban J connectivity index is 0.000000371. The second-order valence-corrected chi connectivity index (χ2v) is 1.87. The number of aryl methyl sites for hydroxylation is 2. The van der Waals surface area contributed by atoms with Gasteiger partial charge in [0, 0.05) is 0 Å². The minimum absolute atomic E-state index is 0.977. The zero-order chi connectivity index (χ0) is 7.98. The summed E-state index contributed by atoms with van der Waals surface area (Å²) in [6, 6.07) is 1.99. The molecule has 1 aromatic rings. The smallest absolute Gasteiger partial charge is 0.0602 e. The molecule has 0 aliphatic heterocycles. The van der Waals surface area contributed by atoms with Gasteiger partial charge in [-0.2, -0.15) is 10.2 Å². The average Bonchev–Trinajstić information content (AvgIpc) is 1.91. The summed E-state index contributed by atoms with van der Waals surface area (Å²) >= 11 is 0. The lowest BCUT2D eigenvalue weighted by Crippen LogP contribution is -1.84. The highest BCUT2D eigenvalue weighted by Crippen LogP contribution is 1.93. The van der Waals surface area contributed by atoms with E-state index in [2.05, 4.69) is 10.2 Å². The van der Waals surface area contributed by atoms with Gasteiger partial charge in [-0.15, -0.1) is 0 Å². The topological polar surface area (TPSA) is 25.8 Å². The maximum atomic E-state index is 3.79. The third kappa shape index (κ3) is 3.17. The van der Waals surface area contributed by atoms with E-state index in [0.29, 0.717) is 0 Å². The summed E-state index contributed by atoms with van der Waals surface area (Å²) in [5.74, 6) is 0. The van der Waals surface area contributed by atoms with Crippen molar-refractivity contribution in [2.75, 3.05) is 0 Å². The summed E-state index contributed by atoms with van der Waals surface area (Å²) < 4.78 is 0. The van der Waals surface area contributed by atoms with E-state index in [4.69, 9.17) is 0 Å². The number of aromatic nitrogens is 2. The van der Waals surface area contributed by atoms with Crippen LogP contribution in [-0.4, -0.2) is 10.2 Å². The van der Waals surface area contributed by atoms with Crippen molar-refractivity contribution < 1.29 is 0 Å². The molecule has 10 heavy (non-hydrogen) atoms. The van der Waals surface area contributed by atoms with E-state index in [0.717, 1.165) is 11.3 Å². The highest BCUT2D eigenvalue weighted by Gasteiger charge is 1.83. The molecule has 0 atom stereocenters. The molecular formula is C8H14N2. The van der Waals surface area contributed by atoms with E-state index >= 15 is 0 Å². The molecule has 2 heteroatoms. The van der Waals surface area contributed by atoms with Crippen molar-refractivity contribution in [3.8, 4) is 0 Å². The zero-order valence-corrected chi connectivity index (χ0v) is 7.05.